The van der Waals surface area contributed by atoms with E-state index < -0.39 is 11.9 Å². The second kappa shape index (κ2) is 5.64. The van der Waals surface area contributed by atoms with E-state index in [9.17, 15) is 9.59 Å². The third-order valence-electron chi connectivity index (χ3n) is 2.87. The van der Waals surface area contributed by atoms with Gasteiger partial charge in [0.1, 0.15) is 11.4 Å². The summed E-state index contributed by atoms with van der Waals surface area (Å²) in [5.41, 5.74) is 0.871. The lowest BCUT2D eigenvalue weighted by atomic mass is 10.1. The minimum Gasteiger partial charge on any atom is -0.497 e. The van der Waals surface area contributed by atoms with E-state index in [1.54, 1.807) is 25.1 Å². The average molecular weight is 277 g/mol. The average Bonchev–Trinajstić information content (AvgIpc) is 2.85. The van der Waals surface area contributed by atoms with E-state index in [0.717, 1.165) is 0 Å². The van der Waals surface area contributed by atoms with E-state index in [-0.39, 0.29) is 17.9 Å². The standard InChI is InChI=1S/C14H15NO5/c1-4-20-14(17)12-11(13(16)19-3)9-7-8(18-2)5-6-10(9)15-12/h5-7,15H,4H2,1-3H3. The first-order valence-corrected chi connectivity index (χ1v) is 6.07. The van der Waals surface area contributed by atoms with Gasteiger partial charge >= 0.3 is 11.9 Å². The summed E-state index contributed by atoms with van der Waals surface area (Å²) in [6.07, 6.45) is 0. The Bertz CT molecular complexity index is 659. The van der Waals surface area contributed by atoms with E-state index in [2.05, 4.69) is 4.98 Å². The number of esters is 2. The zero-order valence-corrected chi connectivity index (χ0v) is 11.5. The fraction of sp³-hybridized carbons (Fsp3) is 0.286. The second-order valence-corrected chi connectivity index (χ2v) is 4.00. The molecule has 106 valence electrons. The Balaban J connectivity index is 2.67. The molecule has 1 heterocycles. The van der Waals surface area contributed by atoms with Crippen molar-refractivity contribution in [1.29, 1.82) is 0 Å². The Labute approximate surface area is 115 Å². The van der Waals surface area contributed by atoms with Crippen LogP contribution in [0.4, 0.5) is 0 Å². The number of methoxy groups -OCH3 is 2. The lowest BCUT2D eigenvalue weighted by Crippen LogP contribution is -2.12. The van der Waals surface area contributed by atoms with Crippen molar-refractivity contribution < 1.29 is 23.8 Å². The quantitative estimate of drug-likeness (QED) is 0.866. The number of hydrogen-bond donors (Lipinski definition) is 1. The van der Waals surface area contributed by atoms with Crippen LogP contribution in [0.1, 0.15) is 27.8 Å². The molecule has 1 aromatic carbocycles. The number of H-pyrrole nitrogens is 1. The highest BCUT2D eigenvalue weighted by atomic mass is 16.5. The van der Waals surface area contributed by atoms with Gasteiger partial charge in [0.2, 0.25) is 0 Å². The molecular weight excluding hydrogens is 262 g/mol. The van der Waals surface area contributed by atoms with Crippen molar-refractivity contribution in [2.24, 2.45) is 0 Å². The topological polar surface area (TPSA) is 77.6 Å². The predicted molar refractivity (Wildman–Crippen MR) is 72.1 cm³/mol. The summed E-state index contributed by atoms with van der Waals surface area (Å²) < 4.78 is 14.8. The molecule has 0 unspecified atom stereocenters. The monoisotopic (exact) mass is 277 g/mol. The van der Waals surface area contributed by atoms with Crippen molar-refractivity contribution in [3.05, 3.63) is 29.5 Å². The van der Waals surface area contributed by atoms with E-state index in [0.29, 0.717) is 16.7 Å². The minimum atomic E-state index is -0.604. The molecule has 0 radical (unpaired) electrons. The largest absolute Gasteiger partial charge is 0.497 e. The highest BCUT2D eigenvalue weighted by molar-refractivity contribution is 6.12. The van der Waals surface area contributed by atoms with Crippen LogP contribution >= 0.6 is 0 Å². The van der Waals surface area contributed by atoms with Crippen LogP contribution in [0.2, 0.25) is 0 Å². The maximum absolute atomic E-state index is 11.9. The van der Waals surface area contributed by atoms with Crippen LogP contribution in [-0.2, 0) is 9.47 Å². The van der Waals surface area contributed by atoms with E-state index in [1.807, 2.05) is 0 Å². The van der Waals surface area contributed by atoms with Gasteiger partial charge in [-0.1, -0.05) is 0 Å². The summed E-state index contributed by atoms with van der Waals surface area (Å²) in [5.74, 6) is -0.618. The van der Waals surface area contributed by atoms with Gasteiger partial charge in [0.25, 0.3) is 0 Å². The highest BCUT2D eigenvalue weighted by Gasteiger charge is 2.25. The van der Waals surface area contributed by atoms with Crippen LogP contribution < -0.4 is 4.74 Å². The Kier molecular flexibility index (Phi) is 3.93. The van der Waals surface area contributed by atoms with Gasteiger partial charge in [-0.05, 0) is 25.1 Å². The number of nitrogens with one attached hydrogen (secondary N) is 1. The fourth-order valence-corrected chi connectivity index (χ4v) is 1.97. The van der Waals surface area contributed by atoms with Crippen LogP contribution in [0.15, 0.2) is 18.2 Å². The van der Waals surface area contributed by atoms with Gasteiger partial charge in [0.15, 0.2) is 0 Å². The van der Waals surface area contributed by atoms with Crippen LogP contribution in [0.5, 0.6) is 5.75 Å². The molecule has 1 aromatic heterocycles. The number of rotatable bonds is 4. The molecule has 0 fully saturated rings. The molecule has 0 atom stereocenters. The number of carbonyl (C=O) groups excluding carboxylic acids is 2. The number of hydrogen-bond acceptors (Lipinski definition) is 5. The molecule has 0 amide bonds. The molecule has 0 saturated carbocycles. The predicted octanol–water partition coefficient (Wildman–Crippen LogP) is 2.14. The SMILES string of the molecule is CCOC(=O)c1[nH]c2ccc(OC)cc2c1C(=O)OC. The molecule has 6 heteroatoms. The Morgan fingerprint density at radius 2 is 1.95 bits per heavy atom. The number of aromatic nitrogens is 1. The molecule has 6 nitrogen and oxygen atoms in total. The van der Waals surface area contributed by atoms with Gasteiger partial charge in [-0.25, -0.2) is 9.59 Å². The summed E-state index contributed by atoms with van der Waals surface area (Å²) in [5, 5.41) is 0.555. The molecule has 1 N–H and O–H groups in total. The number of carbonyl (C=O) groups is 2. The normalized spacial score (nSPS) is 10.3. The van der Waals surface area contributed by atoms with Crippen LogP contribution in [-0.4, -0.2) is 37.7 Å². The molecular formula is C14H15NO5. The molecule has 20 heavy (non-hydrogen) atoms. The van der Waals surface area contributed by atoms with Crippen molar-refractivity contribution in [3.8, 4) is 5.75 Å². The smallest absolute Gasteiger partial charge is 0.355 e. The van der Waals surface area contributed by atoms with Crippen LogP contribution in [0.25, 0.3) is 10.9 Å². The zero-order valence-electron chi connectivity index (χ0n) is 11.5. The van der Waals surface area contributed by atoms with Gasteiger partial charge in [-0.15, -0.1) is 0 Å². The Morgan fingerprint density at radius 3 is 2.55 bits per heavy atom. The zero-order chi connectivity index (χ0) is 14.7. The van der Waals surface area contributed by atoms with Gasteiger partial charge < -0.3 is 19.2 Å². The Morgan fingerprint density at radius 1 is 1.20 bits per heavy atom. The molecule has 0 aliphatic rings. The Hall–Kier alpha value is -2.50. The lowest BCUT2D eigenvalue weighted by molar-refractivity contribution is 0.0499. The summed E-state index contributed by atoms with van der Waals surface area (Å²) in [4.78, 5) is 26.7. The van der Waals surface area contributed by atoms with Crippen molar-refractivity contribution in [2.45, 2.75) is 6.92 Å². The summed E-state index contributed by atoms with van der Waals surface area (Å²) in [6, 6.07) is 5.12. The van der Waals surface area contributed by atoms with Crippen molar-refractivity contribution >= 4 is 22.8 Å². The van der Waals surface area contributed by atoms with E-state index in [4.69, 9.17) is 14.2 Å². The van der Waals surface area contributed by atoms with E-state index in [1.165, 1.54) is 14.2 Å². The number of fused-ring (bicyclic) bond motifs is 1. The molecule has 2 aromatic rings. The van der Waals surface area contributed by atoms with Gasteiger partial charge in [0.05, 0.1) is 26.4 Å². The molecule has 2 rings (SSSR count). The maximum atomic E-state index is 11.9. The van der Waals surface area contributed by atoms with Crippen LogP contribution in [0.3, 0.4) is 0 Å². The minimum absolute atomic E-state index is 0.0851. The summed E-state index contributed by atoms with van der Waals surface area (Å²) in [7, 11) is 2.79. The third kappa shape index (κ3) is 2.32. The third-order valence-corrected chi connectivity index (χ3v) is 2.87. The number of benzene rings is 1. The van der Waals surface area contributed by atoms with Crippen molar-refractivity contribution in [1.82, 2.24) is 4.98 Å². The maximum Gasteiger partial charge on any atom is 0.355 e. The van der Waals surface area contributed by atoms with Crippen LogP contribution in [0, 0.1) is 0 Å². The van der Waals surface area contributed by atoms with E-state index >= 15 is 0 Å². The molecule has 0 spiro atoms. The molecule has 0 bridgehead atoms. The van der Waals surface area contributed by atoms with Crippen molar-refractivity contribution in [2.75, 3.05) is 20.8 Å². The molecule has 0 aliphatic heterocycles. The number of aromatic amines is 1. The van der Waals surface area contributed by atoms with Gasteiger partial charge in [0, 0.05) is 10.9 Å². The number of ether oxygens (including phenoxy) is 3. The lowest BCUT2D eigenvalue weighted by Gasteiger charge is -2.03. The van der Waals surface area contributed by atoms with Crippen molar-refractivity contribution in [3.63, 3.8) is 0 Å². The van der Waals surface area contributed by atoms with Gasteiger partial charge in [-0.2, -0.15) is 0 Å². The summed E-state index contributed by atoms with van der Waals surface area (Å²) in [6.45, 7) is 1.92. The first kappa shape index (κ1) is 13.9. The second-order valence-electron chi connectivity index (χ2n) is 4.00. The molecule has 0 saturated heterocycles. The first-order valence-electron chi connectivity index (χ1n) is 6.07. The molecule has 0 aliphatic carbocycles. The highest BCUT2D eigenvalue weighted by Crippen LogP contribution is 2.27. The summed E-state index contributed by atoms with van der Waals surface area (Å²) >= 11 is 0. The van der Waals surface area contributed by atoms with Gasteiger partial charge in [-0.3, -0.25) is 0 Å². The first-order chi connectivity index (χ1) is 9.62. The fourth-order valence-electron chi connectivity index (χ4n) is 1.97.